The molecule has 0 spiro atoms. The Morgan fingerprint density at radius 1 is 1.32 bits per heavy atom. The Bertz CT molecular complexity index is 679. The number of aromatic nitrogens is 1. The summed E-state index contributed by atoms with van der Waals surface area (Å²) in [5.41, 5.74) is 0. The minimum Gasteiger partial charge on any atom is -0.483 e. The van der Waals surface area contributed by atoms with Crippen LogP contribution in [0.1, 0.15) is 13.8 Å². The van der Waals surface area contributed by atoms with Crippen molar-refractivity contribution in [2.45, 2.75) is 19.9 Å². The topological polar surface area (TPSA) is 88.5 Å². The Balaban J connectivity index is 2.03. The van der Waals surface area contributed by atoms with E-state index in [0.717, 1.165) is 10.8 Å². The Labute approximate surface area is 128 Å². The Kier molecular flexibility index (Phi) is 4.93. The molecule has 1 aromatic heterocycles. The smallest absolute Gasteiger partial charge is 0.326 e. The minimum atomic E-state index is -1.06. The van der Waals surface area contributed by atoms with Crippen molar-refractivity contribution in [3.8, 4) is 5.75 Å². The number of carbonyl (C=O) groups is 2. The van der Waals surface area contributed by atoms with Gasteiger partial charge in [0.2, 0.25) is 0 Å². The van der Waals surface area contributed by atoms with Gasteiger partial charge in [0.15, 0.2) is 6.61 Å². The van der Waals surface area contributed by atoms with E-state index >= 15 is 0 Å². The highest BCUT2D eigenvalue weighted by molar-refractivity contribution is 5.88. The van der Waals surface area contributed by atoms with Gasteiger partial charge in [-0.2, -0.15) is 0 Å². The molecular formula is C16H18N2O4. The zero-order valence-electron chi connectivity index (χ0n) is 12.4. The molecule has 1 aromatic carbocycles. The molecule has 6 nitrogen and oxygen atoms in total. The molecule has 1 heterocycles. The predicted molar refractivity (Wildman–Crippen MR) is 81.6 cm³/mol. The Morgan fingerprint density at radius 2 is 2.09 bits per heavy atom. The first-order valence-electron chi connectivity index (χ1n) is 6.96. The summed E-state index contributed by atoms with van der Waals surface area (Å²) >= 11 is 0. The molecule has 2 aromatic rings. The maximum atomic E-state index is 11.9. The molecule has 1 atom stereocenters. The van der Waals surface area contributed by atoms with Crippen LogP contribution < -0.4 is 10.1 Å². The summed E-state index contributed by atoms with van der Waals surface area (Å²) in [6.07, 6.45) is 3.36. The molecule has 0 bridgehead atoms. The molecule has 0 unspecified atom stereocenters. The molecule has 1 amide bonds. The van der Waals surface area contributed by atoms with Crippen molar-refractivity contribution in [1.29, 1.82) is 0 Å². The van der Waals surface area contributed by atoms with Gasteiger partial charge < -0.3 is 15.2 Å². The van der Waals surface area contributed by atoms with Gasteiger partial charge in [-0.3, -0.25) is 9.78 Å². The minimum absolute atomic E-state index is 0.204. The first-order valence-corrected chi connectivity index (χ1v) is 6.96. The lowest BCUT2D eigenvalue weighted by Crippen LogP contribution is -2.46. The van der Waals surface area contributed by atoms with E-state index in [9.17, 15) is 9.59 Å². The van der Waals surface area contributed by atoms with Crippen LogP contribution in [0.15, 0.2) is 36.7 Å². The average Bonchev–Trinajstić information content (AvgIpc) is 2.49. The van der Waals surface area contributed by atoms with Crippen molar-refractivity contribution in [2.24, 2.45) is 5.92 Å². The largest absolute Gasteiger partial charge is 0.483 e. The molecule has 2 rings (SSSR count). The second kappa shape index (κ2) is 6.89. The van der Waals surface area contributed by atoms with Crippen LogP contribution in [0, 0.1) is 5.92 Å². The third-order valence-electron chi connectivity index (χ3n) is 3.25. The number of carboxylic acids is 1. The van der Waals surface area contributed by atoms with E-state index in [4.69, 9.17) is 9.84 Å². The fraction of sp³-hybridized carbons (Fsp3) is 0.312. The third kappa shape index (κ3) is 3.72. The number of carboxylic acid groups (broad SMARTS) is 1. The average molecular weight is 302 g/mol. The standard InChI is InChI=1S/C16H18N2O4/c1-10(2)15(16(20)21)18-14(19)9-22-13-5-3-4-11-8-17-7-6-12(11)13/h3-8,10,15H,9H2,1-2H3,(H,18,19)(H,20,21)/t15-/m0/s1. The number of carbonyl (C=O) groups excluding carboxylic acids is 1. The lowest BCUT2D eigenvalue weighted by molar-refractivity contribution is -0.143. The third-order valence-corrected chi connectivity index (χ3v) is 3.25. The monoisotopic (exact) mass is 302 g/mol. The van der Waals surface area contributed by atoms with Crippen LogP contribution in [0.2, 0.25) is 0 Å². The van der Waals surface area contributed by atoms with Gasteiger partial charge >= 0.3 is 5.97 Å². The number of benzene rings is 1. The first-order chi connectivity index (χ1) is 10.5. The van der Waals surface area contributed by atoms with Crippen LogP contribution in [-0.2, 0) is 9.59 Å². The number of amides is 1. The summed E-state index contributed by atoms with van der Waals surface area (Å²) in [6.45, 7) is 3.23. The summed E-state index contributed by atoms with van der Waals surface area (Å²) in [6, 6.07) is 6.34. The predicted octanol–water partition coefficient (Wildman–Crippen LogP) is 1.84. The van der Waals surface area contributed by atoms with Crippen LogP contribution in [0.3, 0.4) is 0 Å². The second-order valence-electron chi connectivity index (χ2n) is 5.27. The number of aliphatic carboxylic acids is 1. The van der Waals surface area contributed by atoms with E-state index in [1.54, 1.807) is 38.4 Å². The van der Waals surface area contributed by atoms with Gasteiger partial charge in [-0.15, -0.1) is 0 Å². The van der Waals surface area contributed by atoms with E-state index in [1.165, 1.54) is 0 Å². The molecular weight excluding hydrogens is 284 g/mol. The molecule has 6 heteroatoms. The number of rotatable bonds is 6. The molecule has 22 heavy (non-hydrogen) atoms. The number of hydrogen-bond donors (Lipinski definition) is 2. The normalized spacial score (nSPS) is 12.1. The van der Waals surface area contributed by atoms with Gasteiger partial charge in [0.25, 0.3) is 5.91 Å². The Hall–Kier alpha value is -2.63. The first kappa shape index (κ1) is 15.8. The van der Waals surface area contributed by atoms with Gasteiger partial charge in [-0.1, -0.05) is 26.0 Å². The maximum Gasteiger partial charge on any atom is 0.326 e. The van der Waals surface area contributed by atoms with Crippen molar-refractivity contribution in [2.75, 3.05) is 6.61 Å². The highest BCUT2D eigenvalue weighted by Crippen LogP contribution is 2.24. The molecule has 0 aliphatic heterocycles. The van der Waals surface area contributed by atoms with Crippen molar-refractivity contribution in [3.63, 3.8) is 0 Å². The van der Waals surface area contributed by atoms with Crippen LogP contribution >= 0.6 is 0 Å². The second-order valence-corrected chi connectivity index (χ2v) is 5.27. The van der Waals surface area contributed by atoms with Crippen molar-refractivity contribution in [1.82, 2.24) is 10.3 Å². The molecule has 116 valence electrons. The van der Waals surface area contributed by atoms with Crippen LogP contribution in [0.5, 0.6) is 5.75 Å². The molecule has 0 radical (unpaired) electrons. The van der Waals surface area contributed by atoms with Gasteiger partial charge in [0.05, 0.1) is 0 Å². The zero-order valence-corrected chi connectivity index (χ0v) is 12.4. The number of nitrogens with zero attached hydrogens (tertiary/aromatic N) is 1. The molecule has 0 fully saturated rings. The highest BCUT2D eigenvalue weighted by Gasteiger charge is 2.23. The van der Waals surface area contributed by atoms with E-state index < -0.39 is 17.9 Å². The van der Waals surface area contributed by atoms with E-state index in [0.29, 0.717) is 5.75 Å². The SMILES string of the molecule is CC(C)[C@H](NC(=O)COc1cccc2cnccc12)C(=O)O. The number of pyridine rings is 1. The van der Waals surface area contributed by atoms with Gasteiger partial charge in [-0.05, 0) is 18.1 Å². The summed E-state index contributed by atoms with van der Waals surface area (Å²) in [5.74, 6) is -1.16. The zero-order chi connectivity index (χ0) is 16.1. The van der Waals surface area contributed by atoms with E-state index in [-0.39, 0.29) is 12.5 Å². The maximum absolute atomic E-state index is 11.9. The molecule has 0 saturated carbocycles. The lowest BCUT2D eigenvalue weighted by Gasteiger charge is -2.18. The van der Waals surface area contributed by atoms with Gasteiger partial charge in [0.1, 0.15) is 11.8 Å². The number of hydrogen-bond acceptors (Lipinski definition) is 4. The molecule has 0 aliphatic carbocycles. The quantitative estimate of drug-likeness (QED) is 0.850. The molecule has 0 saturated heterocycles. The fourth-order valence-corrected chi connectivity index (χ4v) is 2.09. The van der Waals surface area contributed by atoms with Crippen LogP contribution in [0.4, 0.5) is 0 Å². The van der Waals surface area contributed by atoms with E-state index in [1.807, 2.05) is 12.1 Å². The molecule has 2 N–H and O–H groups in total. The van der Waals surface area contributed by atoms with E-state index in [2.05, 4.69) is 10.3 Å². The highest BCUT2D eigenvalue weighted by atomic mass is 16.5. The lowest BCUT2D eigenvalue weighted by atomic mass is 10.1. The van der Waals surface area contributed by atoms with Crippen molar-refractivity contribution in [3.05, 3.63) is 36.7 Å². The van der Waals surface area contributed by atoms with Crippen LogP contribution in [0.25, 0.3) is 10.8 Å². The Morgan fingerprint density at radius 3 is 2.77 bits per heavy atom. The molecule has 0 aliphatic rings. The summed E-state index contributed by atoms with van der Waals surface area (Å²) < 4.78 is 5.51. The number of nitrogens with one attached hydrogen (secondary N) is 1. The van der Waals surface area contributed by atoms with Crippen molar-refractivity contribution < 1.29 is 19.4 Å². The summed E-state index contributed by atoms with van der Waals surface area (Å²) in [7, 11) is 0. The van der Waals surface area contributed by atoms with Gasteiger partial charge in [-0.25, -0.2) is 4.79 Å². The van der Waals surface area contributed by atoms with Gasteiger partial charge in [0, 0.05) is 23.2 Å². The van der Waals surface area contributed by atoms with Crippen LogP contribution in [-0.4, -0.2) is 34.6 Å². The number of ether oxygens (including phenoxy) is 1. The summed E-state index contributed by atoms with van der Waals surface area (Å²) in [4.78, 5) is 27.0. The number of fused-ring (bicyclic) bond motifs is 1. The fourth-order valence-electron chi connectivity index (χ4n) is 2.09. The summed E-state index contributed by atoms with van der Waals surface area (Å²) in [5, 5.41) is 13.3. The van der Waals surface area contributed by atoms with Crippen molar-refractivity contribution >= 4 is 22.6 Å².